The van der Waals surface area contributed by atoms with Gasteiger partial charge in [0.25, 0.3) is 5.91 Å². The molecule has 0 radical (unpaired) electrons. The summed E-state index contributed by atoms with van der Waals surface area (Å²) in [6.07, 6.45) is 4.35. The van der Waals surface area contributed by atoms with Crippen LogP contribution in [0.1, 0.15) is 54.6 Å². The number of H-pyrrole nitrogens is 1. The number of hydrogen-bond acceptors (Lipinski definition) is 6. The Bertz CT molecular complexity index is 1520. The van der Waals surface area contributed by atoms with Crippen LogP contribution in [0.3, 0.4) is 0 Å². The molecule has 6 rings (SSSR count). The molecule has 1 saturated carbocycles. The Morgan fingerprint density at radius 1 is 1.07 bits per heavy atom. The first-order valence-corrected chi connectivity index (χ1v) is 15.6. The number of ether oxygens (including phenoxy) is 2. The zero-order valence-electron chi connectivity index (χ0n) is 25.1. The Kier molecular flexibility index (Phi) is 8.97. The highest BCUT2D eigenvalue weighted by molar-refractivity contribution is 6.02. The van der Waals surface area contributed by atoms with E-state index in [-0.39, 0.29) is 54.5 Å². The maximum atomic E-state index is 14.1. The lowest BCUT2D eigenvalue weighted by molar-refractivity contribution is -0.133. The quantitative estimate of drug-likeness (QED) is 0.291. The summed E-state index contributed by atoms with van der Waals surface area (Å²) in [4.78, 5) is 58.6. The highest BCUT2D eigenvalue weighted by atomic mass is 16.5. The summed E-state index contributed by atoms with van der Waals surface area (Å²) in [5, 5.41) is 6.66. The van der Waals surface area contributed by atoms with E-state index >= 15 is 0 Å². The van der Waals surface area contributed by atoms with Crippen LogP contribution in [0.5, 0.6) is 5.75 Å². The van der Waals surface area contributed by atoms with Crippen molar-refractivity contribution >= 4 is 34.4 Å². The lowest BCUT2D eigenvalue weighted by Gasteiger charge is -2.29. The van der Waals surface area contributed by atoms with Crippen molar-refractivity contribution < 1.29 is 28.7 Å². The second kappa shape index (κ2) is 13.2. The van der Waals surface area contributed by atoms with Gasteiger partial charge in [0.15, 0.2) is 5.78 Å². The van der Waals surface area contributed by atoms with Crippen LogP contribution in [0.25, 0.3) is 10.9 Å². The number of Topliss-reactive ketones (excluding diaryl/α,β-unsaturated/α-hetero) is 1. The number of hydrogen-bond donors (Lipinski definition) is 3. The van der Waals surface area contributed by atoms with E-state index in [0.717, 1.165) is 35.7 Å². The van der Waals surface area contributed by atoms with Crippen LogP contribution in [0.2, 0.25) is 0 Å². The fraction of sp³-hybridized carbons (Fsp3) is 0.471. The molecule has 3 aromatic rings. The monoisotopic (exact) mass is 600 g/mol. The Hall–Kier alpha value is -4.18. The molecule has 1 aromatic heterocycles. The van der Waals surface area contributed by atoms with Gasteiger partial charge in [0.2, 0.25) is 11.8 Å². The highest BCUT2D eigenvalue weighted by Crippen LogP contribution is 2.43. The topological polar surface area (TPSA) is 130 Å². The molecule has 0 spiro atoms. The number of likely N-dealkylation sites (tertiary alicyclic amines) is 1. The van der Waals surface area contributed by atoms with E-state index in [9.17, 15) is 19.2 Å². The second-order valence-electron chi connectivity index (χ2n) is 12.2. The molecule has 10 heteroatoms. The summed E-state index contributed by atoms with van der Waals surface area (Å²) in [5.41, 5.74) is 2.13. The van der Waals surface area contributed by atoms with Crippen molar-refractivity contribution in [3.63, 3.8) is 0 Å². The number of nitrogens with one attached hydrogen (secondary N) is 3. The molecule has 1 aliphatic carbocycles. The van der Waals surface area contributed by atoms with E-state index in [4.69, 9.17) is 9.47 Å². The number of aromatic nitrogens is 1. The van der Waals surface area contributed by atoms with E-state index < -0.39 is 12.1 Å². The SMILES string of the molecule is COc1cccc2[nH]c(C(=O)N3C[C@@H]4CCC[C@@H]4[C@H]3C(=O)N[C@@H](CC[C@@H]3CCNC3=O)C(=O)COCc3ccccc3)cc12. The highest BCUT2D eigenvalue weighted by Gasteiger charge is 2.50. The Labute approximate surface area is 256 Å². The second-order valence-corrected chi connectivity index (χ2v) is 12.2. The third-order valence-corrected chi connectivity index (χ3v) is 9.52. The van der Waals surface area contributed by atoms with Gasteiger partial charge in [-0.05, 0) is 67.7 Å². The van der Waals surface area contributed by atoms with Crippen molar-refractivity contribution in [3.8, 4) is 5.75 Å². The minimum absolute atomic E-state index is 0.0146. The largest absolute Gasteiger partial charge is 0.496 e. The maximum Gasteiger partial charge on any atom is 0.271 e. The van der Waals surface area contributed by atoms with Crippen molar-refractivity contribution in [3.05, 3.63) is 65.9 Å². The number of methoxy groups -OCH3 is 1. The van der Waals surface area contributed by atoms with Gasteiger partial charge in [0.05, 0.1) is 19.8 Å². The van der Waals surface area contributed by atoms with Crippen LogP contribution in [-0.4, -0.2) is 72.3 Å². The number of carbonyl (C=O) groups excluding carboxylic acids is 4. The molecule has 10 nitrogen and oxygen atoms in total. The fourth-order valence-corrected chi connectivity index (χ4v) is 7.23. The van der Waals surface area contributed by atoms with E-state index in [2.05, 4.69) is 15.6 Å². The predicted octanol–water partition coefficient (Wildman–Crippen LogP) is 3.60. The van der Waals surface area contributed by atoms with E-state index in [1.165, 1.54) is 0 Å². The summed E-state index contributed by atoms with van der Waals surface area (Å²) < 4.78 is 11.2. The first-order chi connectivity index (χ1) is 21.4. The molecule has 3 aliphatic rings. The summed E-state index contributed by atoms with van der Waals surface area (Å²) >= 11 is 0. The van der Waals surface area contributed by atoms with E-state index in [1.807, 2.05) is 48.5 Å². The Morgan fingerprint density at radius 2 is 1.91 bits per heavy atom. The molecule has 232 valence electrons. The van der Waals surface area contributed by atoms with Gasteiger partial charge in [-0.15, -0.1) is 0 Å². The third-order valence-electron chi connectivity index (χ3n) is 9.52. The molecule has 44 heavy (non-hydrogen) atoms. The average molecular weight is 601 g/mol. The predicted molar refractivity (Wildman–Crippen MR) is 164 cm³/mol. The van der Waals surface area contributed by atoms with Crippen molar-refractivity contribution in [2.45, 2.75) is 57.2 Å². The van der Waals surface area contributed by atoms with Crippen LogP contribution >= 0.6 is 0 Å². The minimum atomic E-state index is -0.818. The molecular weight excluding hydrogens is 560 g/mol. The van der Waals surface area contributed by atoms with Crippen LogP contribution in [0.4, 0.5) is 0 Å². The first kappa shape index (κ1) is 29.9. The number of benzene rings is 2. The van der Waals surface area contributed by atoms with E-state index in [1.54, 1.807) is 18.1 Å². The van der Waals surface area contributed by atoms with Gasteiger partial charge >= 0.3 is 0 Å². The van der Waals surface area contributed by atoms with Crippen molar-refractivity contribution in [2.24, 2.45) is 17.8 Å². The molecule has 3 heterocycles. The van der Waals surface area contributed by atoms with Gasteiger partial charge in [-0.2, -0.15) is 0 Å². The molecule has 2 saturated heterocycles. The number of carbonyl (C=O) groups is 4. The first-order valence-electron chi connectivity index (χ1n) is 15.6. The van der Waals surface area contributed by atoms with Crippen molar-refractivity contribution in [1.82, 2.24) is 20.5 Å². The molecule has 2 aliphatic heterocycles. The summed E-state index contributed by atoms with van der Waals surface area (Å²) in [5.74, 6) is -0.0725. The maximum absolute atomic E-state index is 14.1. The third kappa shape index (κ3) is 6.22. The lowest BCUT2D eigenvalue weighted by atomic mass is 9.92. The van der Waals surface area contributed by atoms with Gasteiger partial charge in [0.1, 0.15) is 24.1 Å². The minimum Gasteiger partial charge on any atom is -0.496 e. The number of nitrogens with zero attached hydrogens (tertiary/aromatic N) is 1. The van der Waals surface area contributed by atoms with Crippen LogP contribution in [0.15, 0.2) is 54.6 Å². The Morgan fingerprint density at radius 3 is 2.68 bits per heavy atom. The number of amides is 3. The lowest BCUT2D eigenvalue weighted by Crippen LogP contribution is -2.53. The fourth-order valence-electron chi connectivity index (χ4n) is 7.23. The van der Waals surface area contributed by atoms with Crippen LogP contribution in [0, 0.1) is 17.8 Å². The van der Waals surface area contributed by atoms with Crippen LogP contribution in [-0.2, 0) is 25.7 Å². The van der Waals surface area contributed by atoms with Crippen LogP contribution < -0.4 is 15.4 Å². The van der Waals surface area contributed by atoms with Crippen molar-refractivity contribution in [1.29, 1.82) is 0 Å². The average Bonchev–Trinajstić information content (AvgIpc) is 3.83. The zero-order chi connectivity index (χ0) is 30.6. The molecule has 3 fully saturated rings. The number of fused-ring (bicyclic) bond motifs is 2. The van der Waals surface area contributed by atoms with Gasteiger partial charge in [-0.1, -0.05) is 42.8 Å². The summed E-state index contributed by atoms with van der Waals surface area (Å²) in [6.45, 7) is 1.24. The van der Waals surface area contributed by atoms with Gasteiger partial charge in [-0.3, -0.25) is 19.2 Å². The van der Waals surface area contributed by atoms with Crippen molar-refractivity contribution in [2.75, 3.05) is 26.8 Å². The van der Waals surface area contributed by atoms with Gasteiger partial charge in [0, 0.05) is 29.9 Å². The molecule has 2 aromatic carbocycles. The molecule has 3 amide bonds. The number of ketones is 1. The smallest absolute Gasteiger partial charge is 0.271 e. The number of aromatic amines is 1. The van der Waals surface area contributed by atoms with Gasteiger partial charge in [-0.25, -0.2) is 0 Å². The molecule has 0 unspecified atom stereocenters. The zero-order valence-corrected chi connectivity index (χ0v) is 25.1. The standard InChI is InChI=1S/C34H40N4O6/c1-43-30-12-6-11-26-25(30)17-28(36-26)34(42)38-18-23-9-5-10-24(23)31(38)33(41)37-27(14-13-22-15-16-35-32(22)40)29(39)20-44-19-21-7-3-2-4-8-21/h2-4,6-8,11-12,17,22-24,27,31,36H,5,9-10,13-16,18-20H2,1H3,(H,35,40)(H,37,41)/t22-,23+,24+,27+,31+/m1/s1. The molecule has 3 N–H and O–H groups in total. The molecule has 0 bridgehead atoms. The Balaban J connectivity index is 1.19. The number of rotatable bonds is 12. The summed E-state index contributed by atoms with van der Waals surface area (Å²) in [7, 11) is 1.59. The van der Waals surface area contributed by atoms with E-state index in [0.29, 0.717) is 43.8 Å². The normalized spacial score (nSPS) is 23.4. The summed E-state index contributed by atoms with van der Waals surface area (Å²) in [6, 6.07) is 15.5. The molecular formula is C34H40N4O6. The molecule has 5 atom stereocenters. The van der Waals surface area contributed by atoms with Gasteiger partial charge < -0.3 is 30.0 Å².